The summed E-state index contributed by atoms with van der Waals surface area (Å²) in [5, 5.41) is 10.7. The van der Waals surface area contributed by atoms with Crippen molar-refractivity contribution in [1.82, 2.24) is 4.98 Å². The van der Waals surface area contributed by atoms with Gasteiger partial charge < -0.3 is 19.5 Å². The van der Waals surface area contributed by atoms with Crippen LogP contribution in [0.1, 0.15) is 12.8 Å². The molecule has 6 heteroatoms. The van der Waals surface area contributed by atoms with Gasteiger partial charge in [0.1, 0.15) is 21.7 Å². The number of hydrogen-bond acceptors (Lipinski definition) is 6. The summed E-state index contributed by atoms with van der Waals surface area (Å²) in [5.74, 6) is 1.56. The Morgan fingerprint density at radius 3 is 2.75 bits per heavy atom. The van der Waals surface area contributed by atoms with Crippen molar-refractivity contribution in [3.05, 3.63) is 12.1 Å². The van der Waals surface area contributed by atoms with Crippen LogP contribution in [0.5, 0.6) is 11.5 Å². The van der Waals surface area contributed by atoms with Crippen LogP contribution in [-0.4, -0.2) is 43.5 Å². The SMILES string of the molecule is COc1ccc(OC)c2sc(N3CCCC(O)C3)nc12. The molecule has 1 N–H and O–H groups in total. The van der Waals surface area contributed by atoms with Gasteiger partial charge in [0, 0.05) is 13.1 Å². The van der Waals surface area contributed by atoms with E-state index in [1.54, 1.807) is 25.6 Å². The highest BCUT2D eigenvalue weighted by Gasteiger charge is 2.22. The molecule has 108 valence electrons. The van der Waals surface area contributed by atoms with Crippen molar-refractivity contribution in [3.8, 4) is 11.5 Å². The fourth-order valence-electron chi connectivity index (χ4n) is 2.54. The van der Waals surface area contributed by atoms with Crippen LogP contribution >= 0.6 is 11.3 Å². The maximum atomic E-state index is 9.80. The molecule has 0 spiro atoms. The molecule has 1 aliphatic heterocycles. The third-order valence-corrected chi connectivity index (χ3v) is 4.70. The Kier molecular flexibility index (Phi) is 3.67. The summed E-state index contributed by atoms with van der Waals surface area (Å²) in [6, 6.07) is 3.77. The number of aromatic nitrogens is 1. The molecule has 1 saturated heterocycles. The minimum absolute atomic E-state index is 0.264. The number of β-amino-alcohol motifs (C(OH)–C–C–N with tert-alkyl or cyclic N) is 1. The summed E-state index contributed by atoms with van der Waals surface area (Å²) in [4.78, 5) is 6.82. The highest BCUT2D eigenvalue weighted by molar-refractivity contribution is 7.22. The average Bonchev–Trinajstić information content (AvgIpc) is 2.91. The Labute approximate surface area is 121 Å². The van der Waals surface area contributed by atoms with Gasteiger partial charge in [0.05, 0.1) is 20.3 Å². The van der Waals surface area contributed by atoms with Gasteiger partial charge in [0.25, 0.3) is 0 Å². The minimum Gasteiger partial charge on any atom is -0.495 e. The van der Waals surface area contributed by atoms with E-state index in [4.69, 9.17) is 9.47 Å². The highest BCUT2D eigenvalue weighted by atomic mass is 32.1. The third kappa shape index (κ3) is 2.29. The van der Waals surface area contributed by atoms with Crippen LogP contribution in [0, 0.1) is 0 Å². The molecular formula is C14H18N2O3S. The lowest BCUT2D eigenvalue weighted by atomic mass is 10.1. The lowest BCUT2D eigenvalue weighted by Gasteiger charge is -2.29. The molecular weight excluding hydrogens is 276 g/mol. The van der Waals surface area contributed by atoms with Crippen LogP contribution in [-0.2, 0) is 0 Å². The topological polar surface area (TPSA) is 54.8 Å². The normalized spacial score (nSPS) is 19.4. The van der Waals surface area contributed by atoms with Crippen molar-refractivity contribution in [2.75, 3.05) is 32.2 Å². The molecule has 1 fully saturated rings. The number of thiazole rings is 1. The second-order valence-corrected chi connectivity index (χ2v) is 5.86. The first kappa shape index (κ1) is 13.5. The first-order valence-electron chi connectivity index (χ1n) is 6.67. The zero-order valence-corrected chi connectivity index (χ0v) is 12.4. The molecule has 5 nitrogen and oxygen atoms in total. The lowest BCUT2D eigenvalue weighted by Crippen LogP contribution is -2.38. The predicted molar refractivity (Wildman–Crippen MR) is 80.2 cm³/mol. The van der Waals surface area contributed by atoms with E-state index in [2.05, 4.69) is 9.88 Å². The lowest BCUT2D eigenvalue weighted by molar-refractivity contribution is 0.154. The van der Waals surface area contributed by atoms with Gasteiger partial charge in [0.15, 0.2) is 5.13 Å². The van der Waals surface area contributed by atoms with Crippen LogP contribution in [0.2, 0.25) is 0 Å². The fraction of sp³-hybridized carbons (Fsp3) is 0.500. The van der Waals surface area contributed by atoms with Gasteiger partial charge in [-0.2, -0.15) is 0 Å². The summed E-state index contributed by atoms with van der Waals surface area (Å²) in [5.41, 5.74) is 0.826. The zero-order valence-electron chi connectivity index (χ0n) is 11.6. The van der Waals surface area contributed by atoms with Gasteiger partial charge in [-0.3, -0.25) is 0 Å². The van der Waals surface area contributed by atoms with Gasteiger partial charge >= 0.3 is 0 Å². The highest BCUT2D eigenvalue weighted by Crippen LogP contribution is 2.40. The molecule has 2 heterocycles. The Morgan fingerprint density at radius 1 is 1.30 bits per heavy atom. The molecule has 2 aromatic rings. The smallest absolute Gasteiger partial charge is 0.186 e. The van der Waals surface area contributed by atoms with E-state index in [1.807, 2.05) is 12.1 Å². The van der Waals surface area contributed by atoms with Crippen LogP contribution in [0.25, 0.3) is 10.2 Å². The van der Waals surface area contributed by atoms with Gasteiger partial charge in [0.2, 0.25) is 0 Å². The maximum Gasteiger partial charge on any atom is 0.186 e. The standard InChI is InChI=1S/C14H18N2O3S/c1-18-10-5-6-11(19-2)13-12(10)15-14(20-13)16-7-3-4-9(17)8-16/h5-6,9,17H,3-4,7-8H2,1-2H3. The Balaban J connectivity index is 2.04. The van der Waals surface area contributed by atoms with Gasteiger partial charge in [-0.05, 0) is 25.0 Å². The molecule has 1 atom stereocenters. The first-order chi connectivity index (χ1) is 9.72. The molecule has 0 aliphatic carbocycles. The number of benzene rings is 1. The predicted octanol–water partition coefficient (Wildman–Crippen LogP) is 2.27. The average molecular weight is 294 g/mol. The molecule has 0 radical (unpaired) electrons. The first-order valence-corrected chi connectivity index (χ1v) is 7.49. The summed E-state index contributed by atoms with van der Waals surface area (Å²) in [6.07, 6.45) is 1.60. The summed E-state index contributed by atoms with van der Waals surface area (Å²) >= 11 is 1.59. The van der Waals surface area contributed by atoms with Gasteiger partial charge in [-0.15, -0.1) is 0 Å². The molecule has 1 aliphatic rings. The summed E-state index contributed by atoms with van der Waals surface area (Å²) < 4.78 is 11.8. The van der Waals surface area contributed by atoms with Crippen LogP contribution < -0.4 is 14.4 Å². The van der Waals surface area contributed by atoms with E-state index < -0.39 is 0 Å². The van der Waals surface area contributed by atoms with Crippen molar-refractivity contribution in [3.63, 3.8) is 0 Å². The number of methoxy groups -OCH3 is 2. The zero-order chi connectivity index (χ0) is 14.1. The maximum absolute atomic E-state index is 9.80. The van der Waals surface area contributed by atoms with Crippen LogP contribution in [0.4, 0.5) is 5.13 Å². The number of nitrogens with zero attached hydrogens (tertiary/aromatic N) is 2. The number of rotatable bonds is 3. The molecule has 3 rings (SSSR count). The monoisotopic (exact) mass is 294 g/mol. The molecule has 20 heavy (non-hydrogen) atoms. The van der Waals surface area contributed by atoms with Crippen molar-refractivity contribution in [2.45, 2.75) is 18.9 Å². The van der Waals surface area contributed by atoms with Crippen LogP contribution in [0.15, 0.2) is 12.1 Å². The van der Waals surface area contributed by atoms with E-state index in [0.29, 0.717) is 6.54 Å². The van der Waals surface area contributed by atoms with Crippen molar-refractivity contribution < 1.29 is 14.6 Å². The largest absolute Gasteiger partial charge is 0.495 e. The number of anilines is 1. The number of aliphatic hydroxyl groups is 1. The number of aliphatic hydroxyl groups excluding tert-OH is 1. The Bertz CT molecular complexity index is 573. The summed E-state index contributed by atoms with van der Waals surface area (Å²) in [6.45, 7) is 1.58. The van der Waals surface area contributed by atoms with Crippen molar-refractivity contribution in [1.29, 1.82) is 0 Å². The molecule has 1 aromatic heterocycles. The van der Waals surface area contributed by atoms with Gasteiger partial charge in [-0.1, -0.05) is 11.3 Å². The van der Waals surface area contributed by atoms with E-state index in [9.17, 15) is 5.11 Å². The van der Waals surface area contributed by atoms with Crippen molar-refractivity contribution >= 4 is 26.7 Å². The van der Waals surface area contributed by atoms with E-state index in [0.717, 1.165) is 46.2 Å². The van der Waals surface area contributed by atoms with E-state index >= 15 is 0 Å². The Hall–Kier alpha value is -1.53. The number of ether oxygens (including phenoxy) is 2. The second-order valence-electron chi connectivity index (χ2n) is 4.89. The number of hydrogen-bond donors (Lipinski definition) is 1. The van der Waals surface area contributed by atoms with E-state index in [-0.39, 0.29) is 6.10 Å². The minimum atomic E-state index is -0.264. The number of fused-ring (bicyclic) bond motifs is 1. The summed E-state index contributed by atoms with van der Waals surface area (Å²) in [7, 11) is 3.30. The second kappa shape index (κ2) is 5.46. The van der Waals surface area contributed by atoms with E-state index in [1.165, 1.54) is 0 Å². The Morgan fingerprint density at radius 2 is 2.05 bits per heavy atom. The molecule has 1 aromatic carbocycles. The van der Waals surface area contributed by atoms with Crippen molar-refractivity contribution in [2.24, 2.45) is 0 Å². The third-order valence-electron chi connectivity index (χ3n) is 3.57. The quantitative estimate of drug-likeness (QED) is 0.941. The molecule has 1 unspecified atom stereocenters. The molecule has 0 bridgehead atoms. The van der Waals surface area contributed by atoms with Crippen LogP contribution in [0.3, 0.4) is 0 Å². The molecule has 0 amide bonds. The number of piperidine rings is 1. The fourth-order valence-corrected chi connectivity index (χ4v) is 3.65. The molecule has 0 saturated carbocycles. The van der Waals surface area contributed by atoms with Gasteiger partial charge in [-0.25, -0.2) is 4.98 Å².